The van der Waals surface area contributed by atoms with E-state index < -0.39 is 28.4 Å². The fourth-order valence-electron chi connectivity index (χ4n) is 3.43. The average Bonchev–Trinajstić information content (AvgIpc) is 2.89. The number of hydrogen-bond acceptors (Lipinski definition) is 7. The van der Waals surface area contributed by atoms with Crippen molar-refractivity contribution in [3.05, 3.63) is 80.8 Å². The van der Waals surface area contributed by atoms with E-state index in [1.165, 1.54) is 69.9 Å². The van der Waals surface area contributed by atoms with E-state index in [-0.39, 0.29) is 39.2 Å². The number of nitrogens with zero attached hydrogens (tertiary/aromatic N) is 1. The first-order valence-corrected chi connectivity index (χ1v) is 13.4. The maximum atomic E-state index is 13.5. The van der Waals surface area contributed by atoms with Crippen LogP contribution in [0.25, 0.3) is 0 Å². The van der Waals surface area contributed by atoms with Crippen LogP contribution in [0.1, 0.15) is 15.9 Å². The summed E-state index contributed by atoms with van der Waals surface area (Å²) in [5.41, 5.74) is 0.513. The molecule has 0 unspecified atom stereocenters. The van der Waals surface area contributed by atoms with Crippen LogP contribution in [-0.2, 0) is 26.1 Å². The summed E-state index contributed by atoms with van der Waals surface area (Å²) in [5.74, 6) is -1.02. The van der Waals surface area contributed by atoms with Crippen molar-refractivity contribution in [2.24, 2.45) is 0 Å². The number of rotatable bonds is 10. The Kier molecular flexibility index (Phi) is 9.86. The minimum Gasteiger partial charge on any atom is -0.493 e. The van der Waals surface area contributed by atoms with Crippen LogP contribution < -0.4 is 14.8 Å². The van der Waals surface area contributed by atoms with Gasteiger partial charge in [0.05, 0.1) is 54.1 Å². The second kappa shape index (κ2) is 12.7. The molecule has 0 radical (unpaired) electrons. The molecule has 0 bridgehead atoms. The van der Waals surface area contributed by atoms with Gasteiger partial charge in [-0.05, 0) is 42.0 Å². The molecule has 3 aromatic carbocycles. The van der Waals surface area contributed by atoms with E-state index >= 15 is 0 Å². The predicted molar refractivity (Wildman–Crippen MR) is 145 cm³/mol. The van der Waals surface area contributed by atoms with Gasteiger partial charge in [0.15, 0.2) is 11.5 Å². The maximum Gasteiger partial charge on any atom is 0.340 e. The summed E-state index contributed by atoms with van der Waals surface area (Å²) in [7, 11) is -0.220. The third-order valence-electron chi connectivity index (χ3n) is 5.32. The number of sulfonamides is 1. The highest BCUT2D eigenvalue weighted by molar-refractivity contribution is 7.89. The quantitative estimate of drug-likeness (QED) is 0.315. The van der Waals surface area contributed by atoms with E-state index in [0.29, 0.717) is 15.6 Å². The van der Waals surface area contributed by atoms with Crippen LogP contribution in [0, 0.1) is 0 Å². The van der Waals surface area contributed by atoms with Crippen LogP contribution in [0.3, 0.4) is 0 Å². The minimum absolute atomic E-state index is 0.0184. The lowest BCUT2D eigenvalue weighted by Gasteiger charge is -2.23. The molecule has 0 aliphatic rings. The molecule has 13 heteroatoms. The van der Waals surface area contributed by atoms with Gasteiger partial charge in [-0.3, -0.25) is 4.79 Å². The molecule has 1 amide bonds. The molecule has 3 rings (SSSR count). The zero-order chi connectivity index (χ0) is 28.0. The lowest BCUT2D eigenvalue weighted by molar-refractivity contribution is -0.116. The number of anilines is 1. The summed E-state index contributed by atoms with van der Waals surface area (Å²) in [6.45, 7) is -0.814. The second-order valence-electron chi connectivity index (χ2n) is 7.77. The van der Waals surface area contributed by atoms with E-state index in [0.717, 1.165) is 4.31 Å². The third kappa shape index (κ3) is 6.89. The lowest BCUT2D eigenvalue weighted by Crippen LogP contribution is -2.37. The molecule has 0 heterocycles. The molecule has 202 valence electrons. The zero-order valence-electron chi connectivity index (χ0n) is 20.5. The summed E-state index contributed by atoms with van der Waals surface area (Å²) < 4.78 is 43.3. The summed E-state index contributed by atoms with van der Waals surface area (Å²) in [5, 5.41) is 3.44. The lowest BCUT2D eigenvalue weighted by atomic mass is 10.1. The standard InChI is InChI=1S/C25H23Cl3N2O7S/c1-35-22-11-18(25(32)37-3)21(12-23(22)36-2)29-24(31)14-30(13-15-4-9-19(27)20(28)10-15)38(33,34)17-7-5-16(26)6-8-17/h4-12H,13-14H2,1-3H3,(H,29,31). The highest BCUT2D eigenvalue weighted by atomic mass is 35.5. The van der Waals surface area contributed by atoms with E-state index in [1.54, 1.807) is 6.07 Å². The van der Waals surface area contributed by atoms with Crippen LogP contribution in [0.2, 0.25) is 15.1 Å². The van der Waals surface area contributed by atoms with Gasteiger partial charge in [0.2, 0.25) is 15.9 Å². The van der Waals surface area contributed by atoms with E-state index in [4.69, 9.17) is 49.0 Å². The van der Waals surface area contributed by atoms with E-state index in [1.807, 2.05) is 0 Å². The highest BCUT2D eigenvalue weighted by Crippen LogP contribution is 2.34. The molecule has 38 heavy (non-hydrogen) atoms. The van der Waals surface area contributed by atoms with Crippen molar-refractivity contribution in [2.75, 3.05) is 33.2 Å². The van der Waals surface area contributed by atoms with Crippen molar-refractivity contribution in [1.29, 1.82) is 0 Å². The van der Waals surface area contributed by atoms with Gasteiger partial charge in [-0.15, -0.1) is 0 Å². The number of halogens is 3. The molecular formula is C25H23Cl3N2O7S. The number of ether oxygens (including phenoxy) is 3. The van der Waals surface area contributed by atoms with Crippen molar-refractivity contribution in [1.82, 2.24) is 4.31 Å². The first-order chi connectivity index (χ1) is 18.0. The van der Waals surface area contributed by atoms with Gasteiger partial charge in [-0.1, -0.05) is 40.9 Å². The summed E-state index contributed by atoms with van der Waals surface area (Å²) in [6.07, 6.45) is 0. The molecule has 9 nitrogen and oxygen atoms in total. The molecule has 0 saturated heterocycles. The van der Waals surface area contributed by atoms with Gasteiger partial charge in [-0.25, -0.2) is 13.2 Å². The van der Waals surface area contributed by atoms with Crippen molar-refractivity contribution in [3.8, 4) is 11.5 Å². The number of nitrogens with one attached hydrogen (secondary N) is 1. The van der Waals surface area contributed by atoms with E-state index in [9.17, 15) is 18.0 Å². The molecule has 0 spiro atoms. The van der Waals surface area contributed by atoms with Crippen LogP contribution in [0.4, 0.5) is 5.69 Å². The largest absolute Gasteiger partial charge is 0.493 e. The monoisotopic (exact) mass is 600 g/mol. The number of carbonyl (C=O) groups excluding carboxylic acids is 2. The van der Waals surface area contributed by atoms with Crippen LogP contribution in [0.15, 0.2) is 59.5 Å². The van der Waals surface area contributed by atoms with Gasteiger partial charge < -0.3 is 19.5 Å². The Balaban J connectivity index is 1.98. The summed E-state index contributed by atoms with van der Waals surface area (Å²) >= 11 is 18.0. The Bertz CT molecular complexity index is 1450. The second-order valence-corrected chi connectivity index (χ2v) is 11.0. The van der Waals surface area contributed by atoms with E-state index in [2.05, 4.69) is 5.32 Å². The van der Waals surface area contributed by atoms with Crippen molar-refractivity contribution >= 4 is 62.4 Å². The molecule has 0 atom stereocenters. The number of methoxy groups -OCH3 is 3. The van der Waals surface area contributed by atoms with Gasteiger partial charge in [0, 0.05) is 23.7 Å². The van der Waals surface area contributed by atoms with Crippen LogP contribution in [0.5, 0.6) is 11.5 Å². The SMILES string of the molecule is COC(=O)c1cc(OC)c(OC)cc1NC(=O)CN(Cc1ccc(Cl)c(Cl)c1)S(=O)(=O)c1ccc(Cl)cc1. The van der Waals surface area contributed by atoms with Gasteiger partial charge in [0.1, 0.15) is 0 Å². The van der Waals surface area contributed by atoms with Gasteiger partial charge >= 0.3 is 5.97 Å². The Morgan fingerprint density at radius 2 is 1.50 bits per heavy atom. The first-order valence-electron chi connectivity index (χ1n) is 10.8. The average molecular weight is 602 g/mol. The summed E-state index contributed by atoms with van der Waals surface area (Å²) in [4.78, 5) is 25.5. The van der Waals surface area contributed by atoms with Gasteiger partial charge in [-0.2, -0.15) is 4.31 Å². The summed E-state index contributed by atoms with van der Waals surface area (Å²) in [6, 6.07) is 12.9. The highest BCUT2D eigenvalue weighted by Gasteiger charge is 2.28. The molecule has 0 aliphatic carbocycles. The van der Waals surface area contributed by atoms with Gasteiger partial charge in [0.25, 0.3) is 0 Å². The maximum absolute atomic E-state index is 13.5. The Labute approximate surface area is 235 Å². The molecule has 0 fully saturated rings. The predicted octanol–water partition coefficient (Wildman–Crippen LogP) is 5.28. The normalized spacial score (nSPS) is 11.2. The molecule has 0 aromatic heterocycles. The molecular weight excluding hydrogens is 579 g/mol. The Hall–Kier alpha value is -3.02. The fraction of sp³-hybridized carbons (Fsp3) is 0.200. The number of esters is 1. The molecule has 0 saturated carbocycles. The zero-order valence-corrected chi connectivity index (χ0v) is 23.5. The number of hydrogen-bond donors (Lipinski definition) is 1. The minimum atomic E-state index is -4.18. The van der Waals surface area contributed by atoms with Crippen LogP contribution in [-0.4, -0.2) is 52.5 Å². The molecule has 3 aromatic rings. The molecule has 1 N–H and O–H groups in total. The third-order valence-corrected chi connectivity index (χ3v) is 8.11. The molecule has 0 aliphatic heterocycles. The fourth-order valence-corrected chi connectivity index (χ4v) is 5.27. The van der Waals surface area contributed by atoms with Crippen molar-refractivity contribution in [3.63, 3.8) is 0 Å². The van der Waals surface area contributed by atoms with Crippen molar-refractivity contribution < 1.29 is 32.2 Å². The number of benzene rings is 3. The Morgan fingerprint density at radius 1 is 0.868 bits per heavy atom. The number of amides is 1. The van der Waals surface area contributed by atoms with Crippen molar-refractivity contribution in [2.45, 2.75) is 11.4 Å². The smallest absolute Gasteiger partial charge is 0.340 e. The van der Waals surface area contributed by atoms with Crippen LogP contribution >= 0.6 is 34.8 Å². The first kappa shape index (κ1) is 29.5. The topological polar surface area (TPSA) is 111 Å². The number of carbonyl (C=O) groups is 2. The Morgan fingerprint density at radius 3 is 2.08 bits per heavy atom.